The number of aryl methyl sites for hydroxylation is 1. The predicted molar refractivity (Wildman–Crippen MR) is 68.7 cm³/mol. The van der Waals surface area contributed by atoms with Crippen molar-refractivity contribution >= 4 is 12.1 Å². The van der Waals surface area contributed by atoms with Crippen LogP contribution < -0.4 is 4.74 Å². The van der Waals surface area contributed by atoms with E-state index in [1.807, 2.05) is 13.0 Å². The van der Waals surface area contributed by atoms with Crippen molar-refractivity contribution in [3.8, 4) is 5.75 Å². The molecule has 0 aliphatic carbocycles. The Bertz CT molecular complexity index is 453. The Morgan fingerprint density at radius 1 is 1.11 bits per heavy atom. The molecule has 0 aliphatic rings. The molecule has 1 aromatic carbocycles. The largest absolute Gasteiger partial charge is 0.516 e. The summed E-state index contributed by atoms with van der Waals surface area (Å²) in [6, 6.07) is 6.98. The first kappa shape index (κ1) is 15.0. The molecule has 5 heteroatoms. The molecule has 19 heavy (non-hydrogen) atoms. The minimum absolute atomic E-state index is 0.279. The molecule has 0 amide bonds. The van der Waals surface area contributed by atoms with E-state index < -0.39 is 18.4 Å². The molecule has 1 aromatic rings. The maximum atomic E-state index is 11.4. The number of hydrogen-bond acceptors (Lipinski definition) is 5. The number of esters is 1. The van der Waals surface area contributed by atoms with E-state index in [9.17, 15) is 9.59 Å². The zero-order valence-corrected chi connectivity index (χ0v) is 11.5. The lowest BCUT2D eigenvalue weighted by Crippen LogP contribution is -2.25. The van der Waals surface area contributed by atoms with E-state index in [1.54, 1.807) is 32.0 Å². The Labute approximate surface area is 112 Å². The van der Waals surface area contributed by atoms with Gasteiger partial charge < -0.3 is 14.2 Å². The number of carbonyl (C=O) groups excluding carboxylic acids is 2. The molecule has 0 aliphatic heterocycles. The Kier molecular flexibility index (Phi) is 5.36. The highest BCUT2D eigenvalue weighted by atomic mass is 16.8. The Morgan fingerprint density at radius 2 is 1.79 bits per heavy atom. The summed E-state index contributed by atoms with van der Waals surface area (Å²) in [4.78, 5) is 22.7. The molecule has 0 saturated carbocycles. The van der Waals surface area contributed by atoms with Gasteiger partial charge in [0.25, 0.3) is 0 Å². The van der Waals surface area contributed by atoms with Gasteiger partial charge in [0.2, 0.25) is 6.29 Å². The summed E-state index contributed by atoms with van der Waals surface area (Å²) < 4.78 is 14.6. The molecule has 5 nitrogen and oxygen atoms in total. The SMILES string of the molecule is Cc1cccc(OC(=O)O[C@H](C)OC(=O)C(C)C)c1. The van der Waals surface area contributed by atoms with Gasteiger partial charge in [-0.3, -0.25) is 4.79 Å². The molecular weight excluding hydrogens is 248 g/mol. The van der Waals surface area contributed by atoms with Crippen LogP contribution in [-0.2, 0) is 14.3 Å². The van der Waals surface area contributed by atoms with E-state index in [1.165, 1.54) is 6.92 Å². The second-order valence-corrected chi connectivity index (χ2v) is 4.45. The third-order valence-corrected chi connectivity index (χ3v) is 2.21. The fraction of sp³-hybridized carbons (Fsp3) is 0.429. The van der Waals surface area contributed by atoms with Crippen LogP contribution in [0, 0.1) is 12.8 Å². The van der Waals surface area contributed by atoms with Crippen LogP contribution >= 0.6 is 0 Å². The first-order chi connectivity index (χ1) is 8.88. The van der Waals surface area contributed by atoms with Crippen molar-refractivity contribution in [2.24, 2.45) is 5.92 Å². The second kappa shape index (κ2) is 6.78. The van der Waals surface area contributed by atoms with E-state index in [0.717, 1.165) is 5.56 Å². The third-order valence-electron chi connectivity index (χ3n) is 2.21. The Morgan fingerprint density at radius 3 is 2.37 bits per heavy atom. The number of carbonyl (C=O) groups is 2. The van der Waals surface area contributed by atoms with Crippen molar-refractivity contribution in [1.82, 2.24) is 0 Å². The van der Waals surface area contributed by atoms with Gasteiger partial charge in [-0.2, -0.15) is 0 Å². The van der Waals surface area contributed by atoms with Gasteiger partial charge in [-0.1, -0.05) is 26.0 Å². The van der Waals surface area contributed by atoms with Crippen LogP contribution in [0.5, 0.6) is 5.75 Å². The molecule has 0 spiro atoms. The lowest BCUT2D eigenvalue weighted by atomic mass is 10.2. The van der Waals surface area contributed by atoms with Gasteiger partial charge >= 0.3 is 12.1 Å². The normalized spacial score (nSPS) is 11.8. The fourth-order valence-corrected chi connectivity index (χ4v) is 1.26. The Balaban J connectivity index is 2.45. The molecule has 0 aromatic heterocycles. The van der Waals surface area contributed by atoms with E-state index in [2.05, 4.69) is 0 Å². The van der Waals surface area contributed by atoms with E-state index in [-0.39, 0.29) is 5.92 Å². The summed E-state index contributed by atoms with van der Waals surface area (Å²) in [7, 11) is 0. The number of benzene rings is 1. The molecule has 104 valence electrons. The van der Waals surface area contributed by atoms with Gasteiger partial charge in [-0.15, -0.1) is 0 Å². The lowest BCUT2D eigenvalue weighted by molar-refractivity contribution is -0.170. The van der Waals surface area contributed by atoms with Gasteiger partial charge in [-0.05, 0) is 24.6 Å². The molecule has 0 unspecified atom stereocenters. The lowest BCUT2D eigenvalue weighted by Gasteiger charge is -2.15. The molecule has 0 bridgehead atoms. The van der Waals surface area contributed by atoms with Crippen molar-refractivity contribution in [3.05, 3.63) is 29.8 Å². The minimum atomic E-state index is -0.979. The van der Waals surface area contributed by atoms with Crippen molar-refractivity contribution in [2.75, 3.05) is 0 Å². The van der Waals surface area contributed by atoms with Crippen molar-refractivity contribution in [2.45, 2.75) is 34.0 Å². The van der Waals surface area contributed by atoms with E-state index in [4.69, 9.17) is 14.2 Å². The molecular formula is C14H18O5. The van der Waals surface area contributed by atoms with Gasteiger partial charge in [-0.25, -0.2) is 4.79 Å². The number of ether oxygens (including phenoxy) is 3. The molecule has 1 rings (SSSR count). The highest BCUT2D eigenvalue weighted by Crippen LogP contribution is 2.13. The van der Waals surface area contributed by atoms with Crippen molar-refractivity contribution < 1.29 is 23.8 Å². The van der Waals surface area contributed by atoms with Gasteiger partial charge in [0.15, 0.2) is 0 Å². The van der Waals surface area contributed by atoms with Crippen LogP contribution in [0.25, 0.3) is 0 Å². The monoisotopic (exact) mass is 266 g/mol. The highest BCUT2D eigenvalue weighted by Gasteiger charge is 2.17. The summed E-state index contributed by atoms with van der Waals surface area (Å²) in [6.07, 6.45) is -1.89. The number of hydrogen-bond donors (Lipinski definition) is 0. The Hall–Kier alpha value is -2.04. The first-order valence-electron chi connectivity index (χ1n) is 6.04. The molecule has 0 saturated heterocycles. The maximum Gasteiger partial charge on any atom is 0.516 e. The summed E-state index contributed by atoms with van der Waals surface area (Å²) in [5.41, 5.74) is 0.963. The second-order valence-electron chi connectivity index (χ2n) is 4.45. The topological polar surface area (TPSA) is 61.8 Å². The zero-order chi connectivity index (χ0) is 14.4. The molecule has 0 heterocycles. The number of rotatable bonds is 4. The smallest absolute Gasteiger partial charge is 0.425 e. The summed E-state index contributed by atoms with van der Waals surface area (Å²) in [5, 5.41) is 0. The molecule has 0 fully saturated rings. The molecule has 0 N–H and O–H groups in total. The van der Waals surface area contributed by atoms with E-state index in [0.29, 0.717) is 5.75 Å². The van der Waals surface area contributed by atoms with Crippen LogP contribution in [0.3, 0.4) is 0 Å². The van der Waals surface area contributed by atoms with Crippen LogP contribution in [0.4, 0.5) is 4.79 Å². The minimum Gasteiger partial charge on any atom is -0.425 e. The van der Waals surface area contributed by atoms with Gasteiger partial charge in [0.1, 0.15) is 5.75 Å². The van der Waals surface area contributed by atoms with Crippen LogP contribution in [0.1, 0.15) is 26.3 Å². The zero-order valence-electron chi connectivity index (χ0n) is 11.5. The van der Waals surface area contributed by atoms with Gasteiger partial charge in [0.05, 0.1) is 5.92 Å². The highest BCUT2D eigenvalue weighted by molar-refractivity contribution is 5.72. The first-order valence-corrected chi connectivity index (χ1v) is 6.04. The molecule has 0 radical (unpaired) electrons. The quantitative estimate of drug-likeness (QED) is 0.476. The summed E-state index contributed by atoms with van der Waals surface area (Å²) >= 11 is 0. The fourth-order valence-electron chi connectivity index (χ4n) is 1.26. The average Bonchev–Trinajstić information content (AvgIpc) is 2.27. The van der Waals surface area contributed by atoms with Crippen LogP contribution in [-0.4, -0.2) is 18.4 Å². The van der Waals surface area contributed by atoms with Gasteiger partial charge in [0, 0.05) is 6.92 Å². The predicted octanol–water partition coefficient (Wildman–Crippen LogP) is 3.06. The average molecular weight is 266 g/mol. The van der Waals surface area contributed by atoms with Crippen LogP contribution in [0.15, 0.2) is 24.3 Å². The standard InChI is InChI=1S/C14H18O5/c1-9(2)13(15)17-11(4)18-14(16)19-12-7-5-6-10(3)8-12/h5-9,11H,1-4H3/t11-/m1/s1. The third kappa shape index (κ3) is 5.42. The summed E-state index contributed by atoms with van der Waals surface area (Å²) in [5.74, 6) is -0.331. The molecule has 1 atom stereocenters. The van der Waals surface area contributed by atoms with Crippen molar-refractivity contribution in [3.63, 3.8) is 0 Å². The summed E-state index contributed by atoms with van der Waals surface area (Å²) in [6.45, 7) is 6.73. The van der Waals surface area contributed by atoms with Crippen LogP contribution in [0.2, 0.25) is 0 Å². The maximum absolute atomic E-state index is 11.4. The van der Waals surface area contributed by atoms with E-state index >= 15 is 0 Å². The van der Waals surface area contributed by atoms with Crippen molar-refractivity contribution in [1.29, 1.82) is 0 Å².